The Kier molecular flexibility index (Phi) is 4.45. The highest BCUT2D eigenvalue weighted by atomic mass is 32.2. The number of aryl methyl sites for hydroxylation is 1. The molecule has 1 amide bonds. The molecule has 24 heavy (non-hydrogen) atoms. The fraction of sp³-hybridized carbons (Fsp3) is 0.412. The summed E-state index contributed by atoms with van der Waals surface area (Å²) in [4.78, 5) is 16.9. The van der Waals surface area contributed by atoms with Crippen LogP contribution in [0.2, 0.25) is 0 Å². The number of hydrogen-bond donors (Lipinski definition) is 1. The molecule has 7 heteroatoms. The molecule has 1 aromatic carbocycles. The zero-order valence-electron chi connectivity index (χ0n) is 13.7. The van der Waals surface area contributed by atoms with Crippen LogP contribution in [0.1, 0.15) is 22.5 Å². The first-order chi connectivity index (χ1) is 11.4. The normalized spacial score (nSPS) is 19.3. The molecule has 1 aliphatic rings. The maximum Gasteiger partial charge on any atom is 0.253 e. The van der Waals surface area contributed by atoms with Gasteiger partial charge in [0.1, 0.15) is 5.75 Å². The van der Waals surface area contributed by atoms with Crippen LogP contribution < -0.4 is 10.1 Å². The molecule has 1 saturated heterocycles. The van der Waals surface area contributed by atoms with E-state index in [1.165, 1.54) is 0 Å². The van der Waals surface area contributed by atoms with E-state index in [9.17, 15) is 13.2 Å². The number of sulfone groups is 1. The Morgan fingerprint density at radius 1 is 1.38 bits per heavy atom. The highest BCUT2D eigenvalue weighted by Crippen LogP contribution is 2.22. The number of nitrogens with one attached hydrogen (secondary N) is 1. The Morgan fingerprint density at radius 3 is 2.83 bits per heavy atom. The number of aromatic nitrogens is 1. The van der Waals surface area contributed by atoms with Crippen molar-refractivity contribution in [3.63, 3.8) is 0 Å². The largest absolute Gasteiger partial charge is 0.497 e. The second kappa shape index (κ2) is 6.39. The number of benzene rings is 1. The van der Waals surface area contributed by atoms with Crippen LogP contribution in [0.25, 0.3) is 10.9 Å². The number of ether oxygens (including phenoxy) is 1. The van der Waals surface area contributed by atoms with Crippen molar-refractivity contribution in [1.29, 1.82) is 0 Å². The molecule has 0 aliphatic carbocycles. The van der Waals surface area contributed by atoms with Crippen molar-refractivity contribution >= 4 is 26.6 Å². The third kappa shape index (κ3) is 3.51. The zero-order valence-corrected chi connectivity index (χ0v) is 14.5. The predicted molar refractivity (Wildman–Crippen MR) is 92.1 cm³/mol. The number of amides is 1. The average Bonchev–Trinajstić information content (AvgIpc) is 2.90. The van der Waals surface area contributed by atoms with Crippen LogP contribution >= 0.6 is 0 Å². The van der Waals surface area contributed by atoms with Gasteiger partial charge in [0.2, 0.25) is 0 Å². The van der Waals surface area contributed by atoms with E-state index >= 15 is 0 Å². The Balaban J connectivity index is 1.76. The Labute approximate surface area is 141 Å². The molecule has 0 bridgehead atoms. The van der Waals surface area contributed by atoms with Crippen molar-refractivity contribution in [1.82, 2.24) is 10.3 Å². The number of rotatable bonds is 4. The Bertz CT molecular complexity index is 893. The van der Waals surface area contributed by atoms with Gasteiger partial charge in [0.15, 0.2) is 9.84 Å². The zero-order chi connectivity index (χ0) is 17.3. The van der Waals surface area contributed by atoms with Gasteiger partial charge in [0, 0.05) is 18.0 Å². The number of hydrogen-bond acceptors (Lipinski definition) is 5. The minimum Gasteiger partial charge on any atom is -0.497 e. The summed E-state index contributed by atoms with van der Waals surface area (Å²) < 4.78 is 28.1. The highest BCUT2D eigenvalue weighted by molar-refractivity contribution is 7.91. The summed E-state index contributed by atoms with van der Waals surface area (Å²) in [6.07, 6.45) is 0.608. The second-order valence-electron chi connectivity index (χ2n) is 6.16. The van der Waals surface area contributed by atoms with Gasteiger partial charge in [-0.25, -0.2) is 8.42 Å². The van der Waals surface area contributed by atoms with Crippen LogP contribution in [0.4, 0.5) is 0 Å². The van der Waals surface area contributed by atoms with Crippen LogP contribution in [-0.2, 0) is 9.84 Å². The SMILES string of the molecule is COc1ccc2cc(C(=O)NCC3CCS(=O)(=O)C3)c(C)nc2c1. The first-order valence-corrected chi connectivity index (χ1v) is 9.64. The van der Waals surface area contributed by atoms with Gasteiger partial charge in [-0.1, -0.05) is 0 Å². The minimum atomic E-state index is -2.93. The summed E-state index contributed by atoms with van der Waals surface area (Å²) >= 11 is 0. The molecular weight excluding hydrogens is 328 g/mol. The van der Waals surface area contributed by atoms with Crippen LogP contribution in [0.3, 0.4) is 0 Å². The third-order valence-electron chi connectivity index (χ3n) is 4.34. The van der Waals surface area contributed by atoms with Gasteiger partial charge in [-0.3, -0.25) is 9.78 Å². The van der Waals surface area contributed by atoms with Crippen LogP contribution in [0, 0.1) is 12.8 Å². The van der Waals surface area contributed by atoms with Crippen LogP contribution in [0.15, 0.2) is 24.3 Å². The lowest BCUT2D eigenvalue weighted by Gasteiger charge is -2.12. The summed E-state index contributed by atoms with van der Waals surface area (Å²) in [7, 11) is -1.33. The molecule has 1 fully saturated rings. The molecule has 0 saturated carbocycles. The Morgan fingerprint density at radius 2 is 2.17 bits per heavy atom. The van der Waals surface area contributed by atoms with E-state index in [-0.39, 0.29) is 23.3 Å². The maximum atomic E-state index is 12.4. The molecule has 2 heterocycles. The van der Waals surface area contributed by atoms with Gasteiger partial charge in [-0.15, -0.1) is 0 Å². The molecule has 6 nitrogen and oxygen atoms in total. The first-order valence-electron chi connectivity index (χ1n) is 7.82. The number of pyridine rings is 1. The summed E-state index contributed by atoms with van der Waals surface area (Å²) in [6, 6.07) is 7.32. The maximum absolute atomic E-state index is 12.4. The van der Waals surface area contributed by atoms with E-state index in [2.05, 4.69) is 10.3 Å². The molecule has 3 rings (SSSR count). The number of carbonyl (C=O) groups excluding carboxylic acids is 1. The molecule has 2 aromatic rings. The van der Waals surface area contributed by atoms with Gasteiger partial charge in [0.05, 0.1) is 35.4 Å². The van der Waals surface area contributed by atoms with Gasteiger partial charge in [0.25, 0.3) is 5.91 Å². The summed E-state index contributed by atoms with van der Waals surface area (Å²) in [6.45, 7) is 2.16. The molecule has 128 valence electrons. The summed E-state index contributed by atoms with van der Waals surface area (Å²) in [5.41, 5.74) is 1.91. The lowest BCUT2D eigenvalue weighted by atomic mass is 10.1. The molecule has 0 radical (unpaired) electrons. The molecule has 1 atom stereocenters. The van der Waals surface area contributed by atoms with E-state index < -0.39 is 9.84 Å². The predicted octanol–water partition coefficient (Wildman–Crippen LogP) is 1.72. The van der Waals surface area contributed by atoms with E-state index in [1.54, 1.807) is 20.1 Å². The smallest absolute Gasteiger partial charge is 0.253 e. The monoisotopic (exact) mass is 348 g/mol. The lowest BCUT2D eigenvalue weighted by molar-refractivity contribution is 0.0947. The standard InChI is InChI=1S/C17H20N2O4S/c1-11-15(7-13-3-4-14(23-2)8-16(13)19-11)17(20)18-9-12-5-6-24(21,22)10-12/h3-4,7-8,12H,5-6,9-10H2,1-2H3,(H,18,20). The van der Waals surface area contributed by atoms with Crippen molar-refractivity contribution in [3.8, 4) is 5.75 Å². The van der Waals surface area contributed by atoms with Gasteiger partial charge in [-0.2, -0.15) is 0 Å². The van der Waals surface area contributed by atoms with E-state index in [0.717, 1.165) is 10.9 Å². The van der Waals surface area contributed by atoms with E-state index in [4.69, 9.17) is 4.74 Å². The number of nitrogens with zero attached hydrogens (tertiary/aromatic N) is 1. The van der Waals surface area contributed by atoms with E-state index in [1.807, 2.05) is 18.2 Å². The van der Waals surface area contributed by atoms with Gasteiger partial charge >= 0.3 is 0 Å². The quantitative estimate of drug-likeness (QED) is 0.909. The second-order valence-corrected chi connectivity index (χ2v) is 8.39. The molecular formula is C17H20N2O4S. The van der Waals surface area contributed by atoms with Crippen molar-refractivity contribution in [2.24, 2.45) is 5.92 Å². The highest BCUT2D eigenvalue weighted by Gasteiger charge is 2.28. The van der Waals surface area contributed by atoms with Crippen LogP contribution in [-0.4, -0.2) is 44.5 Å². The molecule has 1 N–H and O–H groups in total. The average molecular weight is 348 g/mol. The van der Waals surface area contributed by atoms with Gasteiger partial charge in [-0.05, 0) is 37.5 Å². The number of fused-ring (bicyclic) bond motifs is 1. The lowest BCUT2D eigenvalue weighted by Crippen LogP contribution is -2.30. The van der Waals surface area contributed by atoms with Gasteiger partial charge < -0.3 is 10.1 Å². The summed E-state index contributed by atoms with van der Waals surface area (Å²) in [5, 5.41) is 3.70. The minimum absolute atomic E-state index is 0.00284. The van der Waals surface area contributed by atoms with Crippen molar-refractivity contribution in [2.75, 3.05) is 25.2 Å². The fourth-order valence-electron chi connectivity index (χ4n) is 2.97. The summed E-state index contributed by atoms with van der Waals surface area (Å²) in [5.74, 6) is 0.863. The van der Waals surface area contributed by atoms with Crippen molar-refractivity contribution in [3.05, 3.63) is 35.5 Å². The third-order valence-corrected chi connectivity index (χ3v) is 6.18. The van der Waals surface area contributed by atoms with Crippen molar-refractivity contribution in [2.45, 2.75) is 13.3 Å². The first kappa shape index (κ1) is 16.7. The fourth-order valence-corrected chi connectivity index (χ4v) is 4.83. The van der Waals surface area contributed by atoms with Crippen LogP contribution in [0.5, 0.6) is 5.75 Å². The number of carbonyl (C=O) groups is 1. The molecule has 1 aromatic heterocycles. The molecule has 1 unspecified atom stereocenters. The topological polar surface area (TPSA) is 85.4 Å². The van der Waals surface area contributed by atoms with Crippen molar-refractivity contribution < 1.29 is 17.9 Å². The molecule has 0 spiro atoms. The number of methoxy groups -OCH3 is 1. The van der Waals surface area contributed by atoms with E-state index in [0.29, 0.717) is 30.0 Å². The molecule has 1 aliphatic heterocycles. The Hall–Kier alpha value is -2.15.